The van der Waals surface area contributed by atoms with Crippen molar-refractivity contribution in [2.45, 2.75) is 138 Å². The Kier molecular flexibility index (Phi) is 42.5. The number of hydrogen-bond donors (Lipinski definition) is 0. The summed E-state index contributed by atoms with van der Waals surface area (Å²) < 4.78 is 0. The second-order valence-electron chi connectivity index (χ2n) is 9.73. The van der Waals surface area contributed by atoms with Crippen LogP contribution in [0.5, 0.6) is 0 Å². The fourth-order valence-corrected chi connectivity index (χ4v) is 2.59. The second-order valence-corrected chi connectivity index (χ2v) is 9.73. The van der Waals surface area contributed by atoms with Crippen molar-refractivity contribution in [3.05, 3.63) is 24.3 Å². The summed E-state index contributed by atoms with van der Waals surface area (Å²) in [7, 11) is 0. The van der Waals surface area contributed by atoms with E-state index in [4.69, 9.17) is 0 Å². The molecule has 0 aromatic carbocycles. The fourth-order valence-electron chi connectivity index (χ4n) is 2.59. The molecule has 0 saturated heterocycles. The van der Waals surface area contributed by atoms with Crippen LogP contribution in [0, 0.1) is 5.92 Å². The minimum absolute atomic E-state index is 0. The maximum absolute atomic E-state index is 10.2. The van der Waals surface area contributed by atoms with Crippen LogP contribution in [0.3, 0.4) is 0 Å². The average molecular weight is 561 g/mol. The zero-order valence-electron chi connectivity index (χ0n) is 24.3. The summed E-state index contributed by atoms with van der Waals surface area (Å²) in [6.45, 7) is 16.8. The number of carbonyl (C=O) groups excluding carboxylic acids is 3. The zero-order valence-corrected chi connectivity index (χ0v) is 25.9. The molecule has 0 aromatic rings. The number of aliphatic carboxylic acids is 3. The number of carboxylic acids is 3. The molecule has 214 valence electrons. The fraction of sp³-hybridized carbons (Fsp3) is 0.759. The topological polar surface area (TPSA) is 143 Å². The summed E-state index contributed by atoms with van der Waals surface area (Å²) in [6, 6.07) is 0. The molecule has 0 heterocycles. The molecule has 0 aromatic heterocycles. The van der Waals surface area contributed by atoms with E-state index in [-0.39, 0.29) is 39.3 Å². The maximum Gasteiger partial charge on any atom is 4.00 e. The molecule has 0 unspecified atom stereocenters. The number of hydrogen-bond acceptors (Lipinski definition) is 7. The van der Waals surface area contributed by atoms with Gasteiger partial charge in [0.1, 0.15) is 0 Å². The van der Waals surface area contributed by atoms with Crippen molar-refractivity contribution in [3.8, 4) is 0 Å². The van der Waals surface area contributed by atoms with Crippen molar-refractivity contribution in [1.82, 2.24) is 0 Å². The Balaban J connectivity index is -0.000000163. The van der Waals surface area contributed by atoms with Gasteiger partial charge >= 0.3 is 21.7 Å². The van der Waals surface area contributed by atoms with Gasteiger partial charge in [-0.2, -0.15) is 0 Å². The Morgan fingerprint density at radius 2 is 0.811 bits per heavy atom. The molecule has 0 aliphatic heterocycles. The van der Waals surface area contributed by atoms with E-state index in [0.29, 0.717) is 0 Å². The number of unbranched alkanes of at least 4 members (excludes halogenated alkanes) is 11. The molecule has 0 N–H and O–H groups in total. The molecule has 0 spiro atoms. The number of carbonyl (C=O) groups is 3. The minimum atomic E-state index is -1.19. The third-order valence-corrected chi connectivity index (χ3v) is 4.61. The van der Waals surface area contributed by atoms with Gasteiger partial charge in [-0.25, -0.2) is 0 Å². The quantitative estimate of drug-likeness (QED) is 0.151. The molecule has 7 nitrogen and oxygen atoms in total. The Morgan fingerprint density at radius 1 is 0.595 bits per heavy atom. The van der Waals surface area contributed by atoms with E-state index in [2.05, 4.69) is 27.0 Å². The first kappa shape index (κ1) is 45.5. The molecule has 0 aliphatic rings. The maximum atomic E-state index is 10.2. The summed E-state index contributed by atoms with van der Waals surface area (Å²) >= 11 is 0. The van der Waals surface area contributed by atoms with Crippen molar-refractivity contribution < 1.29 is 56.5 Å². The minimum Gasteiger partial charge on any atom is -0.852 e. The smallest absolute Gasteiger partial charge is 0.852 e. The molecule has 0 saturated carbocycles. The van der Waals surface area contributed by atoms with Crippen LogP contribution in [0.15, 0.2) is 24.3 Å². The van der Waals surface area contributed by atoms with E-state index in [1.807, 2.05) is 0 Å². The molecular weight excluding hydrogens is 508 g/mol. The van der Waals surface area contributed by atoms with Crippen LogP contribution in [-0.2, 0) is 36.1 Å². The zero-order chi connectivity index (χ0) is 28.9. The number of carboxylic acid groups (broad SMARTS) is 3. The van der Waals surface area contributed by atoms with Crippen molar-refractivity contribution in [2.24, 2.45) is 5.92 Å². The summed E-state index contributed by atoms with van der Waals surface area (Å²) in [5.74, 6) is -2.41. The van der Waals surface area contributed by atoms with E-state index in [1.54, 1.807) is 13.8 Å². The van der Waals surface area contributed by atoms with Crippen LogP contribution in [0.25, 0.3) is 0 Å². The first-order valence-corrected chi connectivity index (χ1v) is 13.2. The van der Waals surface area contributed by atoms with Crippen molar-refractivity contribution in [2.75, 3.05) is 0 Å². The standard InChI is InChI=1S/C18H36O2.2C4H6O2.C3H7O.Ti/c1-17(2)15-13-11-9-7-5-3-4-6-8-10-12-14-16-18(19)20;2*1-3(2)4(5)6;1-3(2)4;/h17H,3-16H2,1-2H3,(H,19,20);2*1H2,2H3,(H,5,6);3H,1-2H3;/q;;;-1;+4/p-3. The Hall–Kier alpha value is -1.44. The third kappa shape index (κ3) is 66.0. The Morgan fingerprint density at radius 3 is 1.00 bits per heavy atom. The first-order chi connectivity index (χ1) is 16.6. The predicted octanol–water partition coefficient (Wildman–Crippen LogP) is 3.23. The first-order valence-electron chi connectivity index (χ1n) is 13.2. The Bertz CT molecular complexity index is 522. The number of rotatable bonds is 17. The molecule has 0 amide bonds. The predicted molar refractivity (Wildman–Crippen MR) is 139 cm³/mol. The molecule has 0 aliphatic carbocycles. The average Bonchev–Trinajstić information content (AvgIpc) is 2.74. The van der Waals surface area contributed by atoms with Gasteiger partial charge in [-0.3, -0.25) is 0 Å². The molecule has 0 radical (unpaired) electrons. The van der Waals surface area contributed by atoms with Gasteiger partial charge in [0.15, 0.2) is 0 Å². The second kappa shape index (κ2) is 34.6. The van der Waals surface area contributed by atoms with Gasteiger partial charge < -0.3 is 34.8 Å². The van der Waals surface area contributed by atoms with Gasteiger partial charge in [-0.1, -0.05) is 118 Å². The summed E-state index contributed by atoms with van der Waals surface area (Å²) in [5, 5.41) is 38.7. The van der Waals surface area contributed by atoms with Crippen LogP contribution in [0.4, 0.5) is 0 Å². The van der Waals surface area contributed by atoms with Gasteiger partial charge in [0.2, 0.25) is 0 Å². The molecule has 0 fully saturated rings. The molecule has 0 rings (SSSR count). The van der Waals surface area contributed by atoms with E-state index in [1.165, 1.54) is 84.5 Å². The largest absolute Gasteiger partial charge is 4.00 e. The molecule has 0 bridgehead atoms. The summed E-state index contributed by atoms with van der Waals surface area (Å²) in [4.78, 5) is 29.2. The molecular formula is C29H52O7Ti. The molecule has 37 heavy (non-hydrogen) atoms. The monoisotopic (exact) mass is 560 g/mol. The molecule has 0 atom stereocenters. The van der Waals surface area contributed by atoms with Gasteiger partial charge in [-0.15, -0.1) is 6.10 Å². The van der Waals surface area contributed by atoms with Crippen LogP contribution in [0.2, 0.25) is 0 Å². The van der Waals surface area contributed by atoms with Gasteiger partial charge in [0, 0.05) is 5.97 Å². The van der Waals surface area contributed by atoms with Gasteiger partial charge in [0.05, 0.1) is 11.9 Å². The van der Waals surface area contributed by atoms with E-state index in [0.717, 1.165) is 18.8 Å². The van der Waals surface area contributed by atoms with Crippen molar-refractivity contribution >= 4 is 17.9 Å². The van der Waals surface area contributed by atoms with E-state index < -0.39 is 24.0 Å². The molecule has 8 heteroatoms. The van der Waals surface area contributed by atoms with Crippen LogP contribution in [-0.4, -0.2) is 24.0 Å². The van der Waals surface area contributed by atoms with Crippen molar-refractivity contribution in [3.63, 3.8) is 0 Å². The third-order valence-electron chi connectivity index (χ3n) is 4.61. The van der Waals surface area contributed by atoms with Gasteiger partial charge in [0.25, 0.3) is 0 Å². The normalized spacial score (nSPS) is 9.43. The van der Waals surface area contributed by atoms with Gasteiger partial charge in [-0.05, 0) is 43.8 Å². The van der Waals surface area contributed by atoms with Crippen LogP contribution >= 0.6 is 0 Å². The van der Waals surface area contributed by atoms with Crippen LogP contribution < -0.4 is 20.4 Å². The van der Waals surface area contributed by atoms with Crippen LogP contribution in [0.1, 0.15) is 131 Å². The summed E-state index contributed by atoms with van der Waals surface area (Å²) in [5.41, 5.74) is 0.130. The van der Waals surface area contributed by atoms with Crippen molar-refractivity contribution in [1.29, 1.82) is 0 Å². The van der Waals surface area contributed by atoms with E-state index in [9.17, 15) is 34.8 Å². The van der Waals surface area contributed by atoms with E-state index >= 15 is 0 Å². The Labute approximate surface area is 241 Å². The SMILES string of the molecule is C=C(C)C(=O)[O-].C=C(C)C(=O)[O-].CC(C)CCCCCCCCCCCCCCC(=O)[O-].CC(C)[O-].[Ti+4]. The summed E-state index contributed by atoms with van der Waals surface area (Å²) in [6.07, 6.45) is 16.6.